The predicted octanol–water partition coefficient (Wildman–Crippen LogP) is 5.70. The lowest BCUT2D eigenvalue weighted by Crippen LogP contribution is -2.33. The Bertz CT molecular complexity index is 973. The monoisotopic (exact) mass is 481 g/mol. The van der Waals surface area contributed by atoms with E-state index in [2.05, 4.69) is 46.8 Å². The van der Waals surface area contributed by atoms with Crippen molar-refractivity contribution in [3.05, 3.63) is 57.6 Å². The maximum Gasteiger partial charge on any atom is 0.260 e. The number of aromatic nitrogens is 1. The van der Waals surface area contributed by atoms with E-state index in [0.717, 1.165) is 32.8 Å². The van der Waals surface area contributed by atoms with Gasteiger partial charge in [0.05, 0.1) is 10.2 Å². The van der Waals surface area contributed by atoms with Crippen LogP contribution in [0.4, 0.5) is 5.13 Å². The van der Waals surface area contributed by atoms with Crippen LogP contribution < -0.4 is 4.90 Å². The third-order valence-corrected chi connectivity index (χ3v) is 6.15. The molecule has 1 heterocycles. The zero-order chi connectivity index (χ0) is 19.6. The number of carbonyl (C=O) groups is 1. The van der Waals surface area contributed by atoms with Crippen LogP contribution in [0.2, 0.25) is 0 Å². The van der Waals surface area contributed by atoms with E-state index in [1.165, 1.54) is 11.1 Å². The Labute approximate surface area is 185 Å². The molecule has 0 spiro atoms. The molecule has 1 amide bonds. The van der Waals surface area contributed by atoms with Gasteiger partial charge < -0.3 is 4.90 Å². The number of anilines is 1. The Morgan fingerprint density at radius 3 is 2.57 bits per heavy atom. The van der Waals surface area contributed by atoms with Crippen LogP contribution in [0.3, 0.4) is 0 Å². The van der Waals surface area contributed by atoms with Crippen molar-refractivity contribution < 1.29 is 4.79 Å². The Balaban J connectivity index is 0.00000280. The third-order valence-electron chi connectivity index (χ3n) is 4.61. The van der Waals surface area contributed by atoms with Gasteiger partial charge in [-0.1, -0.05) is 39.4 Å². The first-order chi connectivity index (χ1) is 12.9. The molecule has 2 aromatic carbocycles. The molecule has 150 valence electrons. The zero-order valence-electron chi connectivity index (χ0n) is 16.5. The predicted molar refractivity (Wildman–Crippen MR) is 125 cm³/mol. The molecule has 1 aromatic heterocycles. The highest BCUT2D eigenvalue weighted by Crippen LogP contribution is 2.33. The fraction of sp³-hybridized carbons (Fsp3) is 0.333. The number of benzene rings is 2. The van der Waals surface area contributed by atoms with E-state index in [4.69, 9.17) is 4.98 Å². The number of aryl methyl sites for hydroxylation is 2. The molecule has 0 bridgehead atoms. The van der Waals surface area contributed by atoms with E-state index >= 15 is 0 Å². The van der Waals surface area contributed by atoms with Gasteiger partial charge in [0.2, 0.25) is 0 Å². The van der Waals surface area contributed by atoms with Crippen LogP contribution in [0.5, 0.6) is 0 Å². The molecule has 4 nitrogen and oxygen atoms in total. The van der Waals surface area contributed by atoms with Crippen molar-refractivity contribution in [3.8, 4) is 0 Å². The molecule has 0 saturated carbocycles. The van der Waals surface area contributed by atoms with Crippen LogP contribution in [0.1, 0.15) is 27.9 Å². The minimum Gasteiger partial charge on any atom is -0.309 e. The normalized spacial score (nSPS) is 10.9. The summed E-state index contributed by atoms with van der Waals surface area (Å²) in [6, 6.07) is 11.8. The fourth-order valence-electron chi connectivity index (χ4n) is 2.94. The van der Waals surface area contributed by atoms with Crippen molar-refractivity contribution in [2.45, 2.75) is 20.3 Å². The molecule has 0 saturated heterocycles. The SMILES string of the molecule is Cc1ccc2sc(N(CCCN(C)C)C(=O)c3cccc(Br)c3)nc2c1C.Cl. The van der Waals surface area contributed by atoms with Gasteiger partial charge in [-0.15, -0.1) is 12.4 Å². The molecule has 0 N–H and O–H groups in total. The summed E-state index contributed by atoms with van der Waals surface area (Å²) in [6.07, 6.45) is 0.890. The molecular formula is C21H25BrClN3OS. The summed E-state index contributed by atoms with van der Waals surface area (Å²) < 4.78 is 2.02. The second kappa shape index (κ2) is 9.83. The third kappa shape index (κ3) is 5.11. The highest BCUT2D eigenvalue weighted by molar-refractivity contribution is 9.10. The van der Waals surface area contributed by atoms with Crippen LogP contribution in [-0.2, 0) is 0 Å². The van der Waals surface area contributed by atoms with Crippen LogP contribution in [0, 0.1) is 13.8 Å². The van der Waals surface area contributed by atoms with Gasteiger partial charge in [-0.3, -0.25) is 9.69 Å². The lowest BCUT2D eigenvalue weighted by atomic mass is 10.1. The first-order valence-corrected chi connectivity index (χ1v) is 10.6. The molecular weight excluding hydrogens is 458 g/mol. The summed E-state index contributed by atoms with van der Waals surface area (Å²) in [4.78, 5) is 22.1. The highest BCUT2D eigenvalue weighted by atomic mass is 79.9. The number of hydrogen-bond donors (Lipinski definition) is 0. The number of amides is 1. The zero-order valence-corrected chi connectivity index (χ0v) is 19.7. The molecule has 3 rings (SSSR count). The largest absolute Gasteiger partial charge is 0.309 e. The second-order valence-corrected chi connectivity index (χ2v) is 8.90. The maximum atomic E-state index is 13.3. The standard InChI is InChI=1S/C21H24BrN3OS.ClH/c1-14-9-10-18-19(15(14)2)23-21(27-18)25(12-6-11-24(3)4)20(26)16-7-5-8-17(22)13-16;/h5,7-10,13H,6,11-12H2,1-4H3;1H. The molecule has 7 heteroatoms. The Kier molecular flexibility index (Phi) is 8.01. The lowest BCUT2D eigenvalue weighted by Gasteiger charge is -2.21. The first kappa shape index (κ1) is 22.8. The van der Waals surface area contributed by atoms with Gasteiger partial charge >= 0.3 is 0 Å². The highest BCUT2D eigenvalue weighted by Gasteiger charge is 2.22. The Morgan fingerprint density at radius 2 is 1.89 bits per heavy atom. The van der Waals surface area contributed by atoms with E-state index in [9.17, 15) is 4.79 Å². The van der Waals surface area contributed by atoms with Crippen LogP contribution in [-0.4, -0.2) is 43.0 Å². The number of fused-ring (bicyclic) bond motifs is 1. The average molecular weight is 483 g/mol. The second-order valence-electron chi connectivity index (χ2n) is 6.97. The van der Waals surface area contributed by atoms with Gasteiger partial charge in [-0.05, 0) is 76.3 Å². The van der Waals surface area contributed by atoms with Gasteiger partial charge in [0.25, 0.3) is 5.91 Å². The van der Waals surface area contributed by atoms with Crippen molar-refractivity contribution in [2.24, 2.45) is 0 Å². The van der Waals surface area contributed by atoms with Crippen LogP contribution in [0.15, 0.2) is 40.9 Å². The summed E-state index contributed by atoms with van der Waals surface area (Å²) in [5, 5.41) is 0.766. The van der Waals surface area contributed by atoms with Gasteiger partial charge in [0.15, 0.2) is 5.13 Å². The summed E-state index contributed by atoms with van der Waals surface area (Å²) in [5.74, 6) is -0.0107. The molecule has 0 aliphatic rings. The number of thiazole rings is 1. The van der Waals surface area contributed by atoms with Gasteiger partial charge in [-0.2, -0.15) is 0 Å². The van der Waals surface area contributed by atoms with Crippen molar-refractivity contribution in [2.75, 3.05) is 32.1 Å². The van der Waals surface area contributed by atoms with E-state index in [1.54, 1.807) is 11.3 Å². The molecule has 3 aromatic rings. The van der Waals surface area contributed by atoms with Gasteiger partial charge in [-0.25, -0.2) is 4.98 Å². The number of nitrogens with zero attached hydrogens (tertiary/aromatic N) is 3. The van der Waals surface area contributed by atoms with E-state index < -0.39 is 0 Å². The molecule has 0 unspecified atom stereocenters. The lowest BCUT2D eigenvalue weighted by molar-refractivity contribution is 0.0986. The van der Waals surface area contributed by atoms with Crippen molar-refractivity contribution in [1.29, 1.82) is 0 Å². The average Bonchev–Trinajstić information content (AvgIpc) is 3.06. The molecule has 0 aliphatic heterocycles. The smallest absolute Gasteiger partial charge is 0.260 e. The van der Waals surface area contributed by atoms with Crippen LogP contribution in [0.25, 0.3) is 10.2 Å². The molecule has 0 atom stereocenters. The Hall–Kier alpha value is -1.47. The summed E-state index contributed by atoms with van der Waals surface area (Å²) >= 11 is 5.05. The minimum atomic E-state index is -0.0107. The summed E-state index contributed by atoms with van der Waals surface area (Å²) in [6.45, 7) is 5.75. The first-order valence-electron chi connectivity index (χ1n) is 8.95. The fourth-order valence-corrected chi connectivity index (χ4v) is 4.38. The van der Waals surface area contributed by atoms with Crippen molar-refractivity contribution >= 4 is 60.9 Å². The number of halogens is 2. The van der Waals surface area contributed by atoms with Gasteiger partial charge in [0, 0.05) is 16.6 Å². The van der Waals surface area contributed by atoms with Crippen molar-refractivity contribution in [3.63, 3.8) is 0 Å². The molecule has 0 radical (unpaired) electrons. The quantitative estimate of drug-likeness (QED) is 0.452. The van der Waals surface area contributed by atoms with E-state index in [-0.39, 0.29) is 18.3 Å². The molecule has 0 fully saturated rings. The maximum absolute atomic E-state index is 13.3. The number of rotatable bonds is 6. The molecule has 28 heavy (non-hydrogen) atoms. The molecule has 0 aliphatic carbocycles. The van der Waals surface area contributed by atoms with E-state index in [0.29, 0.717) is 12.1 Å². The topological polar surface area (TPSA) is 36.4 Å². The minimum absolute atomic E-state index is 0. The number of carbonyl (C=O) groups excluding carboxylic acids is 1. The van der Waals surface area contributed by atoms with Crippen molar-refractivity contribution in [1.82, 2.24) is 9.88 Å². The van der Waals surface area contributed by atoms with Crippen LogP contribution >= 0.6 is 39.7 Å². The number of hydrogen-bond acceptors (Lipinski definition) is 4. The summed E-state index contributed by atoms with van der Waals surface area (Å²) in [7, 11) is 4.09. The van der Waals surface area contributed by atoms with E-state index in [1.807, 2.05) is 43.3 Å². The van der Waals surface area contributed by atoms with Gasteiger partial charge in [0.1, 0.15) is 0 Å². The summed E-state index contributed by atoms with van der Waals surface area (Å²) in [5.41, 5.74) is 4.06. The Morgan fingerprint density at radius 1 is 1.14 bits per heavy atom.